The second-order valence-electron chi connectivity index (χ2n) is 3.61. The minimum Gasteiger partial charge on any atom is -0.496 e. The average molecular weight is 267 g/mol. The molecule has 0 fully saturated rings. The van der Waals surface area contributed by atoms with Gasteiger partial charge in [0.25, 0.3) is 0 Å². The Morgan fingerprint density at radius 3 is 2.83 bits per heavy atom. The number of anilines is 1. The Morgan fingerprint density at radius 1 is 1.56 bits per heavy atom. The molecule has 4 nitrogen and oxygen atoms in total. The highest BCUT2D eigenvalue weighted by atomic mass is 32.2. The topological polar surface area (TPSA) is 72.5 Å². The van der Waals surface area contributed by atoms with E-state index in [1.165, 1.54) is 11.8 Å². The number of carboxylic acid groups (broad SMARTS) is 1. The predicted octanol–water partition coefficient (Wildman–Crippen LogP) is 2.79. The number of nitrogen functional groups attached to an aromatic ring is 1. The van der Waals surface area contributed by atoms with E-state index in [2.05, 4.69) is 0 Å². The molecular formula is C13H17NO3S. The van der Waals surface area contributed by atoms with Gasteiger partial charge in [0.1, 0.15) is 5.75 Å². The largest absolute Gasteiger partial charge is 0.496 e. The molecular weight excluding hydrogens is 250 g/mol. The van der Waals surface area contributed by atoms with Crippen LogP contribution < -0.4 is 10.5 Å². The number of benzene rings is 1. The lowest BCUT2D eigenvalue weighted by Gasteiger charge is -2.07. The maximum atomic E-state index is 10.8. The summed E-state index contributed by atoms with van der Waals surface area (Å²) in [6.07, 6.45) is 2.25. The molecule has 0 saturated carbocycles. The molecule has 0 aliphatic carbocycles. The van der Waals surface area contributed by atoms with Gasteiger partial charge in [-0.3, -0.25) is 0 Å². The fourth-order valence-corrected chi connectivity index (χ4v) is 2.33. The molecule has 98 valence electrons. The van der Waals surface area contributed by atoms with Gasteiger partial charge in [-0.2, -0.15) is 0 Å². The number of carboxylic acids is 1. The fourth-order valence-electron chi connectivity index (χ4n) is 1.42. The van der Waals surface area contributed by atoms with Gasteiger partial charge in [0, 0.05) is 28.0 Å². The summed E-state index contributed by atoms with van der Waals surface area (Å²) in [6, 6.07) is 5.43. The van der Waals surface area contributed by atoms with Gasteiger partial charge in [-0.1, -0.05) is 13.0 Å². The molecule has 0 aliphatic heterocycles. The summed E-state index contributed by atoms with van der Waals surface area (Å²) in [5, 5.41) is 8.89. The van der Waals surface area contributed by atoms with E-state index in [0.717, 1.165) is 4.90 Å². The van der Waals surface area contributed by atoms with Crippen molar-refractivity contribution in [3.05, 3.63) is 29.8 Å². The quantitative estimate of drug-likeness (QED) is 0.471. The zero-order valence-corrected chi connectivity index (χ0v) is 11.3. The Balaban J connectivity index is 2.72. The Kier molecular flexibility index (Phi) is 5.58. The lowest BCUT2D eigenvalue weighted by molar-refractivity contribution is -0.132. The van der Waals surface area contributed by atoms with E-state index in [1.54, 1.807) is 25.3 Å². The first-order valence-corrected chi connectivity index (χ1v) is 6.55. The van der Waals surface area contributed by atoms with Crippen LogP contribution in [-0.4, -0.2) is 23.9 Å². The van der Waals surface area contributed by atoms with Crippen molar-refractivity contribution < 1.29 is 14.6 Å². The molecule has 0 heterocycles. The summed E-state index contributed by atoms with van der Waals surface area (Å²) >= 11 is 1.52. The third-order valence-corrected chi connectivity index (χ3v) is 3.39. The summed E-state index contributed by atoms with van der Waals surface area (Å²) in [7, 11) is 1.59. The summed E-state index contributed by atoms with van der Waals surface area (Å²) in [5.41, 5.74) is 6.73. The van der Waals surface area contributed by atoms with Gasteiger partial charge in [0.2, 0.25) is 0 Å². The van der Waals surface area contributed by atoms with Crippen LogP contribution in [0.3, 0.4) is 0 Å². The number of rotatable bonds is 6. The maximum Gasteiger partial charge on any atom is 0.331 e. The molecule has 0 unspecified atom stereocenters. The molecule has 1 aromatic carbocycles. The lowest BCUT2D eigenvalue weighted by Crippen LogP contribution is -1.99. The number of aliphatic carboxylic acids is 1. The number of nitrogens with two attached hydrogens (primary N) is 1. The molecule has 0 spiro atoms. The third kappa shape index (κ3) is 4.00. The van der Waals surface area contributed by atoms with Crippen molar-refractivity contribution in [2.45, 2.75) is 18.2 Å². The molecule has 0 amide bonds. The van der Waals surface area contributed by atoms with Gasteiger partial charge < -0.3 is 15.6 Å². The summed E-state index contributed by atoms with van der Waals surface area (Å²) in [5.74, 6) is 0.444. The zero-order chi connectivity index (χ0) is 13.5. The number of carbonyl (C=O) groups is 1. The number of thioether (sulfide) groups is 1. The molecule has 18 heavy (non-hydrogen) atoms. The van der Waals surface area contributed by atoms with Crippen LogP contribution in [0.15, 0.2) is 34.7 Å². The Hall–Kier alpha value is -1.62. The first-order valence-electron chi connectivity index (χ1n) is 5.57. The van der Waals surface area contributed by atoms with Gasteiger partial charge >= 0.3 is 5.97 Å². The molecule has 0 saturated heterocycles. The zero-order valence-electron chi connectivity index (χ0n) is 10.5. The second kappa shape index (κ2) is 6.96. The Bertz CT molecular complexity index is 458. The normalized spacial score (nSPS) is 11.3. The highest BCUT2D eigenvalue weighted by molar-refractivity contribution is 7.99. The van der Waals surface area contributed by atoms with Crippen molar-refractivity contribution >= 4 is 23.4 Å². The highest BCUT2D eigenvalue weighted by Crippen LogP contribution is 2.31. The summed E-state index contributed by atoms with van der Waals surface area (Å²) in [6.45, 7) is 1.83. The van der Waals surface area contributed by atoms with E-state index in [0.29, 0.717) is 29.2 Å². The Labute approximate surface area is 111 Å². The van der Waals surface area contributed by atoms with Crippen LogP contribution in [0.1, 0.15) is 13.3 Å². The predicted molar refractivity (Wildman–Crippen MR) is 74.1 cm³/mol. The van der Waals surface area contributed by atoms with E-state index in [1.807, 2.05) is 13.0 Å². The SMILES string of the molecule is CCC(=CCSc1ccc(N)cc1OC)C(=O)O. The molecule has 0 bridgehead atoms. The van der Waals surface area contributed by atoms with Gasteiger partial charge in [-0.25, -0.2) is 4.79 Å². The van der Waals surface area contributed by atoms with Crippen molar-refractivity contribution in [1.29, 1.82) is 0 Å². The standard InChI is InChI=1S/C13H17NO3S/c1-3-9(13(15)16)6-7-18-12-5-4-10(14)8-11(12)17-2/h4-6,8H,3,7,14H2,1-2H3,(H,15,16). The Morgan fingerprint density at radius 2 is 2.28 bits per heavy atom. The minimum absolute atomic E-state index is 0.428. The molecule has 1 rings (SSSR count). The van der Waals surface area contributed by atoms with Crippen LogP contribution in [0.4, 0.5) is 5.69 Å². The minimum atomic E-state index is -0.859. The molecule has 0 aromatic heterocycles. The average Bonchev–Trinajstić information content (AvgIpc) is 2.35. The van der Waals surface area contributed by atoms with Crippen LogP contribution >= 0.6 is 11.8 Å². The van der Waals surface area contributed by atoms with E-state index in [-0.39, 0.29) is 0 Å². The van der Waals surface area contributed by atoms with Crippen molar-refractivity contribution in [2.24, 2.45) is 0 Å². The first-order chi connectivity index (χ1) is 8.58. The molecule has 5 heteroatoms. The van der Waals surface area contributed by atoms with E-state index >= 15 is 0 Å². The molecule has 3 N–H and O–H groups in total. The molecule has 0 atom stereocenters. The maximum absolute atomic E-state index is 10.8. The summed E-state index contributed by atoms with van der Waals surface area (Å²) < 4.78 is 5.22. The van der Waals surface area contributed by atoms with Gasteiger partial charge in [-0.05, 0) is 18.6 Å². The van der Waals surface area contributed by atoms with Gasteiger partial charge in [0.05, 0.1) is 7.11 Å². The molecule has 0 aliphatic rings. The van der Waals surface area contributed by atoms with Crippen molar-refractivity contribution in [2.75, 3.05) is 18.6 Å². The number of methoxy groups -OCH3 is 1. The van der Waals surface area contributed by atoms with Crippen LogP contribution in [0.5, 0.6) is 5.75 Å². The first kappa shape index (κ1) is 14.4. The van der Waals surface area contributed by atoms with Crippen molar-refractivity contribution in [3.63, 3.8) is 0 Å². The van der Waals surface area contributed by atoms with Crippen LogP contribution in [0.2, 0.25) is 0 Å². The highest BCUT2D eigenvalue weighted by Gasteiger charge is 2.06. The fraction of sp³-hybridized carbons (Fsp3) is 0.308. The van der Waals surface area contributed by atoms with Crippen molar-refractivity contribution in [1.82, 2.24) is 0 Å². The van der Waals surface area contributed by atoms with E-state index in [9.17, 15) is 4.79 Å². The van der Waals surface area contributed by atoms with Crippen molar-refractivity contribution in [3.8, 4) is 5.75 Å². The van der Waals surface area contributed by atoms with Gasteiger partial charge in [-0.15, -0.1) is 11.8 Å². The monoisotopic (exact) mass is 267 g/mol. The molecule has 1 aromatic rings. The number of hydrogen-bond acceptors (Lipinski definition) is 4. The van der Waals surface area contributed by atoms with E-state index in [4.69, 9.17) is 15.6 Å². The second-order valence-corrected chi connectivity index (χ2v) is 4.67. The van der Waals surface area contributed by atoms with Crippen LogP contribution in [0.25, 0.3) is 0 Å². The number of hydrogen-bond donors (Lipinski definition) is 2. The van der Waals surface area contributed by atoms with Crippen LogP contribution in [-0.2, 0) is 4.79 Å². The number of ether oxygens (including phenoxy) is 1. The molecule has 0 radical (unpaired) electrons. The summed E-state index contributed by atoms with van der Waals surface area (Å²) in [4.78, 5) is 11.8. The lowest BCUT2D eigenvalue weighted by atomic mass is 10.2. The smallest absolute Gasteiger partial charge is 0.331 e. The van der Waals surface area contributed by atoms with E-state index < -0.39 is 5.97 Å². The third-order valence-electron chi connectivity index (χ3n) is 2.41. The van der Waals surface area contributed by atoms with Gasteiger partial charge in [0.15, 0.2) is 0 Å². The van der Waals surface area contributed by atoms with Crippen LogP contribution in [0, 0.1) is 0 Å².